The smallest absolute Gasteiger partial charge is 0.0541 e. The monoisotopic (exact) mass is 962 g/mol. The van der Waals surface area contributed by atoms with Gasteiger partial charge >= 0.3 is 0 Å². The molecule has 0 spiro atoms. The van der Waals surface area contributed by atoms with Crippen molar-refractivity contribution >= 4 is 38.9 Å². The lowest BCUT2D eigenvalue weighted by molar-refractivity contribution is 0.660. The quantitative estimate of drug-likeness (QED) is 0.125. The van der Waals surface area contributed by atoms with Gasteiger partial charge in [0.05, 0.1) is 11.0 Å². The highest BCUT2D eigenvalue weighted by molar-refractivity contribution is 6.11. The summed E-state index contributed by atoms with van der Waals surface area (Å²) >= 11 is 0. The van der Waals surface area contributed by atoms with Crippen LogP contribution in [0.1, 0.15) is 56.7 Å². The summed E-state index contributed by atoms with van der Waals surface area (Å²) in [5.74, 6) is 0.554. The average Bonchev–Trinajstić information content (AvgIpc) is 3.98. The van der Waals surface area contributed by atoms with Crippen molar-refractivity contribution < 1.29 is 0 Å². The topological polar surface area (TPSA) is 8.17 Å². The van der Waals surface area contributed by atoms with Crippen LogP contribution in [0.3, 0.4) is 0 Å². The fourth-order valence-corrected chi connectivity index (χ4v) is 11.7. The standard InChI is InChI=1S/C73H58N2/c1-5-49(2)50-20-22-57(23-21-50)59-36-44-71-67(46-59)68-47-60(37-45-72(68)75(71)61-16-10-7-11-17-61)58-30-28-53(29-31-58)52-24-26-54(27-25-52)56-34-40-63(41-35-56)74(62-38-32-55(33-39-62)51-14-8-6-9-15-51)64-42-43-66-65-18-12-13-19-69(65)73(3,4)70(66)48-64/h6-49H,5H2,1-4H3. The van der Waals surface area contributed by atoms with Crippen molar-refractivity contribution in [2.24, 2.45) is 0 Å². The third-order valence-electron chi connectivity index (χ3n) is 16.2. The molecule has 1 aromatic heterocycles. The summed E-state index contributed by atoms with van der Waals surface area (Å²) < 4.78 is 2.40. The highest BCUT2D eigenvalue weighted by atomic mass is 15.1. The molecule has 12 aromatic rings. The van der Waals surface area contributed by atoms with Gasteiger partial charge in [-0.3, -0.25) is 0 Å². The Morgan fingerprint density at radius 1 is 0.360 bits per heavy atom. The van der Waals surface area contributed by atoms with Crippen molar-refractivity contribution in [2.45, 2.75) is 45.4 Å². The zero-order chi connectivity index (χ0) is 50.6. The molecule has 2 heteroatoms. The number of anilines is 3. The lowest BCUT2D eigenvalue weighted by Crippen LogP contribution is -2.16. The lowest BCUT2D eigenvalue weighted by Gasteiger charge is -2.28. The summed E-state index contributed by atoms with van der Waals surface area (Å²) in [6, 6.07) is 96.4. The molecule has 0 saturated heterocycles. The van der Waals surface area contributed by atoms with E-state index in [4.69, 9.17) is 0 Å². The molecule has 0 amide bonds. The van der Waals surface area contributed by atoms with Gasteiger partial charge in [-0.2, -0.15) is 0 Å². The predicted molar refractivity (Wildman–Crippen MR) is 319 cm³/mol. The number of nitrogens with zero attached hydrogens (tertiary/aromatic N) is 2. The second-order valence-electron chi connectivity index (χ2n) is 20.9. The molecule has 75 heavy (non-hydrogen) atoms. The number of rotatable bonds is 11. The first-order chi connectivity index (χ1) is 36.8. The van der Waals surface area contributed by atoms with Gasteiger partial charge in [0.15, 0.2) is 0 Å². The maximum absolute atomic E-state index is 2.41. The molecule has 11 aromatic carbocycles. The van der Waals surface area contributed by atoms with Crippen LogP contribution >= 0.6 is 0 Å². The molecule has 0 N–H and O–H groups in total. The molecule has 360 valence electrons. The number of fused-ring (bicyclic) bond motifs is 6. The maximum Gasteiger partial charge on any atom is 0.0541 e. The van der Waals surface area contributed by atoms with E-state index >= 15 is 0 Å². The molecule has 2 nitrogen and oxygen atoms in total. The number of aromatic nitrogens is 1. The van der Waals surface area contributed by atoms with E-state index in [1.807, 2.05) is 0 Å². The molecular formula is C73H58N2. The Bertz CT molecular complexity index is 4010. The van der Waals surface area contributed by atoms with E-state index in [2.05, 4.69) is 298 Å². The second-order valence-corrected chi connectivity index (χ2v) is 20.9. The third-order valence-corrected chi connectivity index (χ3v) is 16.2. The molecule has 13 rings (SSSR count). The fraction of sp³-hybridized carbons (Fsp3) is 0.0959. The number of hydrogen-bond donors (Lipinski definition) is 0. The summed E-state index contributed by atoms with van der Waals surface area (Å²) in [6.45, 7) is 9.27. The molecule has 0 aliphatic heterocycles. The Morgan fingerprint density at radius 2 is 0.747 bits per heavy atom. The minimum absolute atomic E-state index is 0.100. The maximum atomic E-state index is 2.41. The van der Waals surface area contributed by atoms with Gasteiger partial charge in [-0.25, -0.2) is 0 Å². The minimum atomic E-state index is -0.100. The first-order valence-electron chi connectivity index (χ1n) is 26.5. The van der Waals surface area contributed by atoms with Gasteiger partial charge in [0, 0.05) is 38.9 Å². The number of hydrogen-bond acceptors (Lipinski definition) is 1. The molecule has 0 fully saturated rings. The van der Waals surface area contributed by atoms with Crippen LogP contribution in [0, 0.1) is 0 Å². The van der Waals surface area contributed by atoms with Crippen molar-refractivity contribution in [2.75, 3.05) is 4.90 Å². The van der Waals surface area contributed by atoms with Crippen molar-refractivity contribution in [3.63, 3.8) is 0 Å². The average molecular weight is 963 g/mol. The van der Waals surface area contributed by atoms with Crippen LogP contribution in [0.2, 0.25) is 0 Å². The van der Waals surface area contributed by atoms with E-state index < -0.39 is 0 Å². The van der Waals surface area contributed by atoms with Gasteiger partial charge in [-0.15, -0.1) is 0 Å². The van der Waals surface area contributed by atoms with E-state index in [1.165, 1.54) is 105 Å². The Kier molecular flexibility index (Phi) is 11.5. The lowest BCUT2D eigenvalue weighted by atomic mass is 9.82. The van der Waals surface area contributed by atoms with Crippen molar-refractivity contribution in [1.82, 2.24) is 4.57 Å². The van der Waals surface area contributed by atoms with E-state index in [0.717, 1.165) is 29.2 Å². The SMILES string of the molecule is CCC(C)c1ccc(-c2ccc3c(c2)c2cc(-c4ccc(-c5ccc(-c6ccc(N(c7ccc(-c8ccccc8)cc7)c7ccc8c(c7)C(C)(C)c7ccccc7-8)cc6)cc5)cc4)ccc2n3-c2ccccc2)cc1. The summed E-state index contributed by atoms with van der Waals surface area (Å²) in [7, 11) is 0. The fourth-order valence-electron chi connectivity index (χ4n) is 11.7. The molecule has 1 unspecified atom stereocenters. The molecule has 1 aliphatic carbocycles. The molecule has 1 heterocycles. The van der Waals surface area contributed by atoms with Crippen LogP contribution in [-0.2, 0) is 5.41 Å². The number of para-hydroxylation sites is 1. The largest absolute Gasteiger partial charge is 0.310 e. The molecule has 1 aliphatic rings. The normalized spacial score (nSPS) is 12.9. The van der Waals surface area contributed by atoms with Gasteiger partial charge in [-0.05, 0) is 169 Å². The van der Waals surface area contributed by atoms with Crippen LogP contribution in [-0.4, -0.2) is 4.57 Å². The van der Waals surface area contributed by atoms with Crippen LogP contribution in [0.5, 0.6) is 0 Å². The molecule has 0 bridgehead atoms. The Balaban J connectivity index is 0.783. The Morgan fingerprint density at radius 3 is 1.25 bits per heavy atom. The first kappa shape index (κ1) is 45.9. The molecule has 0 saturated carbocycles. The van der Waals surface area contributed by atoms with Gasteiger partial charge in [0.1, 0.15) is 0 Å². The summed E-state index contributed by atoms with van der Waals surface area (Å²) in [5.41, 5.74) is 25.7. The Labute approximate surface area is 441 Å². The van der Waals surface area contributed by atoms with Crippen LogP contribution in [0.25, 0.3) is 94.3 Å². The first-order valence-corrected chi connectivity index (χ1v) is 26.5. The highest BCUT2D eigenvalue weighted by Gasteiger charge is 2.35. The van der Waals surface area contributed by atoms with Gasteiger partial charge in [0.2, 0.25) is 0 Å². The zero-order valence-corrected chi connectivity index (χ0v) is 43.0. The van der Waals surface area contributed by atoms with E-state index in [-0.39, 0.29) is 5.41 Å². The van der Waals surface area contributed by atoms with Crippen LogP contribution < -0.4 is 4.90 Å². The van der Waals surface area contributed by atoms with E-state index in [0.29, 0.717) is 5.92 Å². The van der Waals surface area contributed by atoms with Gasteiger partial charge < -0.3 is 9.47 Å². The van der Waals surface area contributed by atoms with Crippen molar-refractivity contribution in [3.8, 4) is 72.4 Å². The van der Waals surface area contributed by atoms with Gasteiger partial charge in [0.25, 0.3) is 0 Å². The van der Waals surface area contributed by atoms with Crippen LogP contribution in [0.15, 0.2) is 261 Å². The zero-order valence-electron chi connectivity index (χ0n) is 43.0. The summed E-state index contributed by atoms with van der Waals surface area (Å²) in [4.78, 5) is 2.40. The summed E-state index contributed by atoms with van der Waals surface area (Å²) in [5, 5.41) is 2.51. The second kappa shape index (κ2) is 18.8. The van der Waals surface area contributed by atoms with Crippen LogP contribution in [0.4, 0.5) is 17.1 Å². The summed E-state index contributed by atoms with van der Waals surface area (Å²) in [6.07, 6.45) is 1.14. The van der Waals surface area contributed by atoms with E-state index in [9.17, 15) is 0 Å². The molecule has 0 radical (unpaired) electrons. The molecule has 1 atom stereocenters. The predicted octanol–water partition coefficient (Wildman–Crippen LogP) is 20.4. The Hall–Kier alpha value is -8.98. The van der Waals surface area contributed by atoms with Gasteiger partial charge in [-0.1, -0.05) is 216 Å². The van der Waals surface area contributed by atoms with Crippen molar-refractivity contribution in [1.29, 1.82) is 0 Å². The minimum Gasteiger partial charge on any atom is -0.310 e. The number of benzene rings is 11. The third kappa shape index (κ3) is 8.24. The highest BCUT2D eigenvalue weighted by Crippen LogP contribution is 2.51. The van der Waals surface area contributed by atoms with Crippen molar-refractivity contribution in [3.05, 3.63) is 278 Å². The molecular weight excluding hydrogens is 905 g/mol. The van der Waals surface area contributed by atoms with E-state index in [1.54, 1.807) is 0 Å².